The molecule has 22 heavy (non-hydrogen) atoms. The lowest BCUT2D eigenvalue weighted by molar-refractivity contribution is -0.206. The van der Waals surface area contributed by atoms with Gasteiger partial charge in [0.25, 0.3) is 0 Å². The van der Waals surface area contributed by atoms with Gasteiger partial charge in [0.05, 0.1) is 13.2 Å². The molecular formula is C20H30O2. The topological polar surface area (TPSA) is 18.5 Å². The molecule has 1 saturated heterocycles. The standard InChI is InChI=1S/C20H30O2/c1-3-5-7-9-17-11-13-19(14-12-17)20-21-15-18(16-22-20)10-8-6-4-2/h3,5,11-14,18,20H,4,6-10,15-16H2,1-2H3. The first-order valence-corrected chi connectivity index (χ1v) is 8.76. The smallest absolute Gasteiger partial charge is 0.183 e. The summed E-state index contributed by atoms with van der Waals surface area (Å²) in [6, 6.07) is 8.68. The molecule has 2 nitrogen and oxygen atoms in total. The van der Waals surface area contributed by atoms with E-state index in [0.717, 1.165) is 31.6 Å². The van der Waals surface area contributed by atoms with Crippen LogP contribution >= 0.6 is 0 Å². The van der Waals surface area contributed by atoms with E-state index < -0.39 is 0 Å². The number of aryl methyl sites for hydroxylation is 1. The zero-order chi connectivity index (χ0) is 15.6. The van der Waals surface area contributed by atoms with Gasteiger partial charge in [-0.1, -0.05) is 62.6 Å². The van der Waals surface area contributed by atoms with Crippen molar-refractivity contribution in [3.63, 3.8) is 0 Å². The highest BCUT2D eigenvalue weighted by Gasteiger charge is 2.23. The van der Waals surface area contributed by atoms with Crippen LogP contribution in [0.5, 0.6) is 0 Å². The molecule has 1 heterocycles. The Morgan fingerprint density at radius 1 is 1.09 bits per heavy atom. The molecule has 0 aliphatic carbocycles. The van der Waals surface area contributed by atoms with Gasteiger partial charge in [-0.2, -0.15) is 0 Å². The van der Waals surface area contributed by atoms with E-state index in [-0.39, 0.29) is 6.29 Å². The van der Waals surface area contributed by atoms with Crippen LogP contribution in [0.4, 0.5) is 0 Å². The highest BCUT2D eigenvalue weighted by Crippen LogP contribution is 2.27. The molecule has 1 aliphatic rings. The second-order valence-electron chi connectivity index (χ2n) is 6.21. The molecular weight excluding hydrogens is 272 g/mol. The van der Waals surface area contributed by atoms with Crippen molar-refractivity contribution in [3.8, 4) is 0 Å². The maximum atomic E-state index is 5.91. The fourth-order valence-electron chi connectivity index (χ4n) is 2.84. The molecule has 0 saturated carbocycles. The Balaban J connectivity index is 1.76. The molecule has 0 N–H and O–H groups in total. The van der Waals surface area contributed by atoms with Crippen LogP contribution in [-0.2, 0) is 15.9 Å². The fraction of sp³-hybridized carbons (Fsp3) is 0.600. The van der Waals surface area contributed by atoms with Crippen LogP contribution in [0.3, 0.4) is 0 Å². The second-order valence-corrected chi connectivity index (χ2v) is 6.21. The van der Waals surface area contributed by atoms with Crippen LogP contribution in [0.15, 0.2) is 36.4 Å². The molecule has 0 atom stereocenters. The van der Waals surface area contributed by atoms with Gasteiger partial charge >= 0.3 is 0 Å². The van der Waals surface area contributed by atoms with Gasteiger partial charge < -0.3 is 9.47 Å². The van der Waals surface area contributed by atoms with Gasteiger partial charge in [-0.3, -0.25) is 0 Å². The Bertz CT molecular complexity index is 428. The van der Waals surface area contributed by atoms with Crippen molar-refractivity contribution < 1.29 is 9.47 Å². The van der Waals surface area contributed by atoms with Gasteiger partial charge in [0.1, 0.15) is 0 Å². The first-order chi connectivity index (χ1) is 10.8. The minimum absolute atomic E-state index is 0.174. The molecule has 0 bridgehead atoms. The largest absolute Gasteiger partial charge is 0.348 e. The zero-order valence-corrected chi connectivity index (χ0v) is 14.1. The van der Waals surface area contributed by atoms with E-state index in [0.29, 0.717) is 5.92 Å². The molecule has 2 heteroatoms. The van der Waals surface area contributed by atoms with Crippen LogP contribution in [0, 0.1) is 5.92 Å². The van der Waals surface area contributed by atoms with Crippen molar-refractivity contribution in [1.82, 2.24) is 0 Å². The Hall–Kier alpha value is -1.12. The summed E-state index contributed by atoms with van der Waals surface area (Å²) in [6.45, 7) is 5.97. The third-order valence-electron chi connectivity index (χ3n) is 4.27. The summed E-state index contributed by atoms with van der Waals surface area (Å²) >= 11 is 0. The predicted octanol–water partition coefficient (Wildman–Crippen LogP) is 5.44. The van der Waals surface area contributed by atoms with E-state index in [1.54, 1.807) is 0 Å². The molecule has 0 radical (unpaired) electrons. The zero-order valence-electron chi connectivity index (χ0n) is 14.1. The third-order valence-corrected chi connectivity index (χ3v) is 4.27. The number of ether oxygens (including phenoxy) is 2. The van der Waals surface area contributed by atoms with Crippen molar-refractivity contribution in [2.75, 3.05) is 13.2 Å². The maximum Gasteiger partial charge on any atom is 0.183 e. The van der Waals surface area contributed by atoms with Gasteiger partial charge in [0.2, 0.25) is 0 Å². The highest BCUT2D eigenvalue weighted by atomic mass is 16.7. The maximum absolute atomic E-state index is 5.91. The van der Waals surface area contributed by atoms with Crippen LogP contribution in [0.1, 0.15) is 63.4 Å². The Morgan fingerprint density at radius 2 is 1.82 bits per heavy atom. The third kappa shape index (κ3) is 5.58. The average molecular weight is 302 g/mol. The van der Waals surface area contributed by atoms with Gasteiger partial charge in [0, 0.05) is 11.5 Å². The van der Waals surface area contributed by atoms with Gasteiger partial charge in [-0.15, -0.1) is 0 Å². The predicted molar refractivity (Wildman–Crippen MR) is 91.9 cm³/mol. The van der Waals surface area contributed by atoms with Gasteiger partial charge in [0.15, 0.2) is 6.29 Å². The summed E-state index contributed by atoms with van der Waals surface area (Å²) in [5, 5.41) is 0. The summed E-state index contributed by atoms with van der Waals surface area (Å²) in [5.74, 6) is 0.572. The Labute approximate surface area is 135 Å². The SMILES string of the molecule is CC=CCCc1ccc(C2OCC(CCCCC)CO2)cc1. The molecule has 1 fully saturated rings. The lowest BCUT2D eigenvalue weighted by Gasteiger charge is -2.29. The van der Waals surface area contributed by atoms with Crippen LogP contribution in [-0.4, -0.2) is 13.2 Å². The molecule has 0 unspecified atom stereocenters. The van der Waals surface area contributed by atoms with Crippen molar-refractivity contribution >= 4 is 0 Å². The second kappa shape index (κ2) is 9.81. The fourth-order valence-corrected chi connectivity index (χ4v) is 2.84. The van der Waals surface area contributed by atoms with Crippen molar-refractivity contribution in [1.29, 1.82) is 0 Å². The van der Waals surface area contributed by atoms with Crippen molar-refractivity contribution in [2.45, 2.75) is 58.7 Å². The summed E-state index contributed by atoms with van der Waals surface area (Å²) in [5.41, 5.74) is 2.51. The molecule has 2 rings (SSSR count). The van der Waals surface area contributed by atoms with E-state index in [1.807, 2.05) is 0 Å². The van der Waals surface area contributed by atoms with Crippen LogP contribution in [0.2, 0.25) is 0 Å². The molecule has 0 spiro atoms. The highest BCUT2D eigenvalue weighted by molar-refractivity contribution is 5.24. The van der Waals surface area contributed by atoms with E-state index >= 15 is 0 Å². The number of unbranched alkanes of at least 4 members (excludes halogenated alkanes) is 2. The molecule has 0 aromatic heterocycles. The Kier molecular flexibility index (Phi) is 7.68. The normalized spacial score (nSPS) is 22.3. The first-order valence-electron chi connectivity index (χ1n) is 8.76. The minimum Gasteiger partial charge on any atom is -0.348 e. The first kappa shape index (κ1) is 17.2. The monoisotopic (exact) mass is 302 g/mol. The quantitative estimate of drug-likeness (QED) is 0.470. The summed E-state index contributed by atoms with van der Waals surface area (Å²) in [7, 11) is 0. The molecule has 1 aromatic carbocycles. The molecule has 122 valence electrons. The number of rotatable bonds is 8. The van der Waals surface area contributed by atoms with E-state index in [2.05, 4.69) is 50.3 Å². The van der Waals surface area contributed by atoms with E-state index in [1.165, 1.54) is 31.2 Å². The number of allylic oxidation sites excluding steroid dienone is 2. The molecule has 1 aromatic rings. The Morgan fingerprint density at radius 3 is 2.45 bits per heavy atom. The average Bonchev–Trinajstić information content (AvgIpc) is 2.57. The van der Waals surface area contributed by atoms with Crippen molar-refractivity contribution in [3.05, 3.63) is 47.5 Å². The molecule has 0 amide bonds. The number of hydrogen-bond donors (Lipinski definition) is 0. The number of benzene rings is 1. The van der Waals surface area contributed by atoms with Crippen LogP contribution < -0.4 is 0 Å². The lowest BCUT2D eigenvalue weighted by Crippen LogP contribution is -2.27. The minimum atomic E-state index is -0.174. The van der Waals surface area contributed by atoms with Gasteiger partial charge in [-0.05, 0) is 31.7 Å². The van der Waals surface area contributed by atoms with Crippen molar-refractivity contribution in [2.24, 2.45) is 5.92 Å². The van der Waals surface area contributed by atoms with E-state index in [9.17, 15) is 0 Å². The van der Waals surface area contributed by atoms with Gasteiger partial charge in [-0.25, -0.2) is 0 Å². The lowest BCUT2D eigenvalue weighted by atomic mass is 10.0. The van der Waals surface area contributed by atoms with Crippen LogP contribution in [0.25, 0.3) is 0 Å². The summed E-state index contributed by atoms with van der Waals surface area (Å²) in [6.07, 6.45) is 11.4. The number of hydrogen-bond acceptors (Lipinski definition) is 2. The molecule has 1 aliphatic heterocycles. The summed E-state index contributed by atoms with van der Waals surface area (Å²) in [4.78, 5) is 0. The van der Waals surface area contributed by atoms with E-state index in [4.69, 9.17) is 9.47 Å². The summed E-state index contributed by atoms with van der Waals surface area (Å²) < 4.78 is 11.8.